The molecule has 5 nitrogen and oxygen atoms in total. The van der Waals surface area contributed by atoms with E-state index in [2.05, 4.69) is 10.1 Å². The van der Waals surface area contributed by atoms with Crippen molar-refractivity contribution in [3.8, 4) is 0 Å². The minimum absolute atomic E-state index is 0.194. The second-order valence-corrected chi connectivity index (χ2v) is 5.71. The molecular weight excluding hydrogens is 306 g/mol. The van der Waals surface area contributed by atoms with Gasteiger partial charge in [0.1, 0.15) is 12.1 Å². The van der Waals surface area contributed by atoms with Crippen molar-refractivity contribution in [3.05, 3.63) is 58.4 Å². The highest BCUT2D eigenvalue weighted by atomic mass is 16.5. The van der Waals surface area contributed by atoms with Gasteiger partial charge in [-0.1, -0.05) is 30.3 Å². The van der Waals surface area contributed by atoms with Crippen LogP contribution in [0.25, 0.3) is 21.7 Å². The molecule has 0 fully saturated rings. The first-order valence-electron chi connectivity index (χ1n) is 8.02. The Hall–Kier alpha value is -2.66. The van der Waals surface area contributed by atoms with Crippen LogP contribution in [0, 0.1) is 0 Å². The Kier molecular flexibility index (Phi) is 4.91. The zero-order chi connectivity index (χ0) is 16.9. The average Bonchev–Trinajstić information content (AvgIpc) is 2.60. The maximum absolute atomic E-state index is 11.8. The van der Waals surface area contributed by atoms with Gasteiger partial charge in [-0.3, -0.25) is 4.79 Å². The largest absolute Gasteiger partial charge is 0.469 e. The van der Waals surface area contributed by atoms with Gasteiger partial charge >= 0.3 is 11.6 Å². The molecule has 0 aliphatic carbocycles. The number of esters is 1. The van der Waals surface area contributed by atoms with Crippen LogP contribution in [-0.2, 0) is 16.1 Å². The number of nitrogens with two attached hydrogens (primary N) is 1. The zero-order valence-corrected chi connectivity index (χ0v) is 13.6. The lowest BCUT2D eigenvalue weighted by Gasteiger charge is -2.08. The summed E-state index contributed by atoms with van der Waals surface area (Å²) >= 11 is 0. The molecule has 2 N–H and O–H groups in total. The molecule has 1 aromatic heterocycles. The van der Waals surface area contributed by atoms with E-state index in [0.717, 1.165) is 34.7 Å². The zero-order valence-electron chi connectivity index (χ0n) is 13.6. The molecule has 2 aromatic carbocycles. The van der Waals surface area contributed by atoms with Gasteiger partial charge in [-0.05, 0) is 16.8 Å². The predicted octanol–water partition coefficient (Wildman–Crippen LogP) is 1.96. The van der Waals surface area contributed by atoms with Gasteiger partial charge in [0.05, 0.1) is 20.1 Å². The van der Waals surface area contributed by atoms with Crippen molar-refractivity contribution in [2.24, 2.45) is 0 Å². The molecule has 0 aliphatic rings. The van der Waals surface area contributed by atoms with E-state index in [9.17, 15) is 9.59 Å². The molecule has 0 radical (unpaired) electrons. The Balaban J connectivity index is 1.85. The molecule has 0 aliphatic heterocycles. The number of carbonyl (C=O) groups excluding carboxylic acids is 1. The normalized spacial score (nSPS) is 11.0. The van der Waals surface area contributed by atoms with E-state index in [4.69, 9.17) is 4.42 Å². The number of hydrogen-bond acceptors (Lipinski definition) is 4. The van der Waals surface area contributed by atoms with Crippen LogP contribution in [0.15, 0.2) is 51.7 Å². The Morgan fingerprint density at radius 1 is 1.21 bits per heavy atom. The summed E-state index contributed by atoms with van der Waals surface area (Å²) in [6.45, 7) is 1.46. The Bertz CT molecular complexity index is 929. The summed E-state index contributed by atoms with van der Waals surface area (Å²) in [5, 5.41) is 5.28. The molecule has 0 bridgehead atoms. The molecule has 0 atom stereocenters. The highest BCUT2D eigenvalue weighted by Crippen LogP contribution is 2.26. The summed E-state index contributed by atoms with van der Waals surface area (Å²) in [6, 6.07) is 13.4. The second kappa shape index (κ2) is 7.27. The van der Waals surface area contributed by atoms with Gasteiger partial charge in [-0.25, -0.2) is 4.79 Å². The molecule has 24 heavy (non-hydrogen) atoms. The molecule has 124 valence electrons. The number of fused-ring (bicyclic) bond motifs is 3. The van der Waals surface area contributed by atoms with E-state index < -0.39 is 0 Å². The number of quaternary nitrogens is 1. The molecular formula is C19H20NO4+. The van der Waals surface area contributed by atoms with Gasteiger partial charge in [-0.2, -0.15) is 0 Å². The third-order valence-electron chi connectivity index (χ3n) is 4.10. The second-order valence-electron chi connectivity index (χ2n) is 5.71. The van der Waals surface area contributed by atoms with E-state index in [1.54, 1.807) is 6.07 Å². The fourth-order valence-electron chi connectivity index (χ4n) is 2.93. The first-order chi connectivity index (χ1) is 11.7. The summed E-state index contributed by atoms with van der Waals surface area (Å²) in [5.41, 5.74) is 1.23. The van der Waals surface area contributed by atoms with E-state index >= 15 is 0 Å². The molecule has 3 rings (SSSR count). The summed E-state index contributed by atoms with van der Waals surface area (Å²) in [6.07, 6.45) is 1.15. The Morgan fingerprint density at radius 2 is 2.04 bits per heavy atom. The fraction of sp³-hybridized carbons (Fsp3) is 0.263. The maximum atomic E-state index is 11.8. The van der Waals surface area contributed by atoms with Crippen LogP contribution in [0.5, 0.6) is 0 Å². The predicted molar refractivity (Wildman–Crippen MR) is 91.7 cm³/mol. The van der Waals surface area contributed by atoms with Crippen LogP contribution in [0.1, 0.15) is 18.4 Å². The monoisotopic (exact) mass is 326 g/mol. The molecule has 0 amide bonds. The van der Waals surface area contributed by atoms with Crippen molar-refractivity contribution in [1.82, 2.24) is 0 Å². The Labute approximate surface area is 139 Å². The van der Waals surface area contributed by atoms with Crippen LogP contribution in [0.4, 0.5) is 0 Å². The van der Waals surface area contributed by atoms with E-state index in [1.807, 2.05) is 36.4 Å². The van der Waals surface area contributed by atoms with Crippen molar-refractivity contribution in [2.75, 3.05) is 13.7 Å². The van der Waals surface area contributed by atoms with Crippen LogP contribution in [0.2, 0.25) is 0 Å². The number of benzene rings is 2. The Morgan fingerprint density at radius 3 is 2.88 bits per heavy atom. The SMILES string of the molecule is COC(=O)CCC[NH2+]Cc1cc(=O)oc2ccc3ccccc3c12. The minimum Gasteiger partial charge on any atom is -0.469 e. The summed E-state index contributed by atoms with van der Waals surface area (Å²) in [5.74, 6) is -0.194. The third-order valence-corrected chi connectivity index (χ3v) is 4.10. The van der Waals surface area contributed by atoms with Crippen LogP contribution in [0.3, 0.4) is 0 Å². The van der Waals surface area contributed by atoms with E-state index in [-0.39, 0.29) is 11.6 Å². The van der Waals surface area contributed by atoms with Gasteiger partial charge in [0.15, 0.2) is 0 Å². The number of hydrogen-bond donors (Lipinski definition) is 1. The average molecular weight is 326 g/mol. The number of ether oxygens (including phenoxy) is 1. The van der Waals surface area contributed by atoms with Crippen molar-refractivity contribution < 1.29 is 19.3 Å². The fourth-order valence-corrected chi connectivity index (χ4v) is 2.93. The van der Waals surface area contributed by atoms with Gasteiger partial charge in [-0.15, -0.1) is 0 Å². The van der Waals surface area contributed by atoms with Crippen molar-refractivity contribution in [1.29, 1.82) is 0 Å². The molecule has 0 saturated carbocycles. The van der Waals surface area contributed by atoms with Gasteiger partial charge < -0.3 is 14.5 Å². The van der Waals surface area contributed by atoms with Crippen molar-refractivity contribution in [3.63, 3.8) is 0 Å². The van der Waals surface area contributed by atoms with Crippen molar-refractivity contribution >= 4 is 27.7 Å². The molecule has 5 heteroatoms. The number of rotatable bonds is 6. The van der Waals surface area contributed by atoms with Gasteiger partial charge in [0.2, 0.25) is 0 Å². The summed E-state index contributed by atoms with van der Waals surface area (Å²) < 4.78 is 9.98. The molecule has 3 aromatic rings. The third kappa shape index (κ3) is 3.46. The van der Waals surface area contributed by atoms with Crippen molar-refractivity contribution in [2.45, 2.75) is 19.4 Å². The molecule has 0 spiro atoms. The summed E-state index contributed by atoms with van der Waals surface area (Å²) in [7, 11) is 1.40. The lowest BCUT2D eigenvalue weighted by atomic mass is 10.0. The number of methoxy groups -OCH3 is 1. The first-order valence-corrected chi connectivity index (χ1v) is 8.02. The smallest absolute Gasteiger partial charge is 0.336 e. The molecule has 1 heterocycles. The summed E-state index contributed by atoms with van der Waals surface area (Å²) in [4.78, 5) is 22.9. The lowest BCUT2D eigenvalue weighted by Crippen LogP contribution is -2.82. The highest BCUT2D eigenvalue weighted by molar-refractivity contribution is 6.06. The minimum atomic E-state index is -0.337. The highest BCUT2D eigenvalue weighted by Gasteiger charge is 2.11. The molecule has 0 unspecified atom stereocenters. The van der Waals surface area contributed by atoms with Crippen LogP contribution >= 0.6 is 0 Å². The standard InChI is InChI=1S/C19H19NO4/c1-23-17(21)7-4-10-20-12-14-11-18(22)24-16-9-8-13-5-2-3-6-15(13)19(14)16/h2-3,5-6,8-9,11,20H,4,7,10,12H2,1H3/p+1. The van der Waals surface area contributed by atoms with E-state index in [0.29, 0.717) is 18.5 Å². The quantitative estimate of drug-likeness (QED) is 0.325. The van der Waals surface area contributed by atoms with Gasteiger partial charge in [0.25, 0.3) is 0 Å². The van der Waals surface area contributed by atoms with Gasteiger partial charge in [0, 0.05) is 23.4 Å². The number of carbonyl (C=O) groups is 1. The molecule has 0 saturated heterocycles. The topological polar surface area (TPSA) is 73.1 Å². The van der Waals surface area contributed by atoms with Crippen LogP contribution < -0.4 is 10.9 Å². The lowest BCUT2D eigenvalue weighted by molar-refractivity contribution is -0.670. The van der Waals surface area contributed by atoms with E-state index in [1.165, 1.54) is 7.11 Å². The maximum Gasteiger partial charge on any atom is 0.336 e. The first kappa shape index (κ1) is 16.2. The van der Waals surface area contributed by atoms with Crippen LogP contribution in [-0.4, -0.2) is 19.6 Å².